The molecule has 1 amide bonds. The molecular weight excluding hydrogens is 200 g/mol. The van der Waals surface area contributed by atoms with Crippen LogP contribution in [0.2, 0.25) is 0 Å². The smallest absolute Gasteiger partial charge is 0.239 e. The zero-order valence-electron chi connectivity index (χ0n) is 10.9. The Morgan fingerprint density at radius 1 is 1.31 bits per heavy atom. The van der Waals surface area contributed by atoms with Crippen LogP contribution in [0.5, 0.6) is 0 Å². The first-order valence-corrected chi connectivity index (χ1v) is 6.62. The summed E-state index contributed by atoms with van der Waals surface area (Å²) in [6.45, 7) is 4.22. The van der Waals surface area contributed by atoms with Crippen molar-refractivity contribution >= 4 is 5.91 Å². The molecule has 3 nitrogen and oxygen atoms in total. The lowest BCUT2D eigenvalue weighted by Crippen LogP contribution is -2.47. The van der Waals surface area contributed by atoms with E-state index in [1.807, 2.05) is 18.9 Å². The number of carbonyl (C=O) groups is 1. The van der Waals surface area contributed by atoms with Crippen molar-refractivity contribution in [1.29, 1.82) is 0 Å². The van der Waals surface area contributed by atoms with Crippen LogP contribution in [-0.2, 0) is 4.79 Å². The minimum atomic E-state index is -0.311. The van der Waals surface area contributed by atoms with Gasteiger partial charge in [0.05, 0.1) is 6.04 Å². The van der Waals surface area contributed by atoms with Gasteiger partial charge in [-0.2, -0.15) is 0 Å². The van der Waals surface area contributed by atoms with Gasteiger partial charge in [-0.25, -0.2) is 0 Å². The first kappa shape index (κ1) is 13.5. The monoisotopic (exact) mass is 226 g/mol. The van der Waals surface area contributed by atoms with E-state index in [0.717, 1.165) is 25.2 Å². The summed E-state index contributed by atoms with van der Waals surface area (Å²) in [4.78, 5) is 13.8. The van der Waals surface area contributed by atoms with Crippen LogP contribution in [-0.4, -0.2) is 29.9 Å². The summed E-state index contributed by atoms with van der Waals surface area (Å²) in [7, 11) is 1.91. The van der Waals surface area contributed by atoms with E-state index < -0.39 is 0 Å². The number of hydrogen-bond acceptors (Lipinski definition) is 2. The molecule has 1 saturated carbocycles. The topological polar surface area (TPSA) is 46.3 Å². The van der Waals surface area contributed by atoms with Crippen LogP contribution in [0.25, 0.3) is 0 Å². The minimum Gasteiger partial charge on any atom is -0.341 e. The van der Waals surface area contributed by atoms with E-state index in [2.05, 4.69) is 6.92 Å². The molecule has 1 aliphatic rings. The average Bonchev–Trinajstić information content (AvgIpc) is 2.36. The van der Waals surface area contributed by atoms with Gasteiger partial charge < -0.3 is 10.6 Å². The second-order valence-corrected chi connectivity index (χ2v) is 5.05. The first-order valence-electron chi connectivity index (χ1n) is 6.62. The fraction of sp³-hybridized carbons (Fsp3) is 0.923. The van der Waals surface area contributed by atoms with E-state index in [1.165, 1.54) is 19.3 Å². The SMILES string of the molecule is CCC1CCC(N(C)C(=O)[C@H](N)CC)CC1. The van der Waals surface area contributed by atoms with Crippen molar-refractivity contribution in [3.8, 4) is 0 Å². The number of rotatable bonds is 4. The summed E-state index contributed by atoms with van der Waals surface area (Å²) in [5.74, 6) is 0.988. The molecule has 0 aromatic heterocycles. The number of hydrogen-bond donors (Lipinski definition) is 1. The predicted octanol–water partition coefficient (Wildman–Crippen LogP) is 2.15. The molecule has 0 unspecified atom stereocenters. The van der Waals surface area contributed by atoms with Gasteiger partial charge >= 0.3 is 0 Å². The van der Waals surface area contributed by atoms with Gasteiger partial charge in [-0.15, -0.1) is 0 Å². The van der Waals surface area contributed by atoms with Crippen molar-refractivity contribution < 1.29 is 4.79 Å². The van der Waals surface area contributed by atoms with Crippen LogP contribution >= 0.6 is 0 Å². The Morgan fingerprint density at radius 2 is 1.88 bits per heavy atom. The molecule has 3 heteroatoms. The van der Waals surface area contributed by atoms with Crippen molar-refractivity contribution in [1.82, 2.24) is 4.90 Å². The maximum atomic E-state index is 11.9. The van der Waals surface area contributed by atoms with Crippen LogP contribution in [0.1, 0.15) is 52.4 Å². The van der Waals surface area contributed by atoms with E-state index in [0.29, 0.717) is 6.04 Å². The zero-order chi connectivity index (χ0) is 12.1. The Balaban J connectivity index is 2.43. The van der Waals surface area contributed by atoms with Gasteiger partial charge in [0.2, 0.25) is 5.91 Å². The van der Waals surface area contributed by atoms with E-state index in [4.69, 9.17) is 5.73 Å². The van der Waals surface area contributed by atoms with Gasteiger partial charge in [0.15, 0.2) is 0 Å². The molecule has 1 aliphatic carbocycles. The lowest BCUT2D eigenvalue weighted by molar-refractivity contribution is -0.134. The summed E-state index contributed by atoms with van der Waals surface area (Å²) in [6, 6.07) is 0.113. The molecule has 0 heterocycles. The molecule has 16 heavy (non-hydrogen) atoms. The average molecular weight is 226 g/mol. The fourth-order valence-corrected chi connectivity index (χ4v) is 2.56. The fourth-order valence-electron chi connectivity index (χ4n) is 2.56. The predicted molar refractivity (Wildman–Crippen MR) is 67.1 cm³/mol. The lowest BCUT2D eigenvalue weighted by Gasteiger charge is -2.35. The minimum absolute atomic E-state index is 0.113. The van der Waals surface area contributed by atoms with Crippen molar-refractivity contribution in [3.63, 3.8) is 0 Å². The van der Waals surface area contributed by atoms with Crippen LogP contribution in [0.4, 0.5) is 0 Å². The van der Waals surface area contributed by atoms with E-state index in [9.17, 15) is 4.79 Å². The summed E-state index contributed by atoms with van der Waals surface area (Å²) in [5, 5.41) is 0. The maximum Gasteiger partial charge on any atom is 0.239 e. The molecule has 0 aromatic rings. The van der Waals surface area contributed by atoms with Crippen LogP contribution in [0.15, 0.2) is 0 Å². The number of nitrogens with zero attached hydrogens (tertiary/aromatic N) is 1. The summed E-state index contributed by atoms with van der Waals surface area (Å²) in [6.07, 6.45) is 6.83. The molecule has 0 saturated heterocycles. The van der Waals surface area contributed by atoms with Crippen LogP contribution in [0, 0.1) is 5.92 Å². The Morgan fingerprint density at radius 3 is 2.31 bits per heavy atom. The van der Waals surface area contributed by atoms with Crippen molar-refractivity contribution in [2.75, 3.05) is 7.05 Å². The third-order valence-corrected chi connectivity index (χ3v) is 4.05. The van der Waals surface area contributed by atoms with Gasteiger partial charge in [-0.05, 0) is 38.0 Å². The Hall–Kier alpha value is -0.570. The Labute approximate surface area is 99.4 Å². The molecule has 94 valence electrons. The highest BCUT2D eigenvalue weighted by Crippen LogP contribution is 2.29. The highest BCUT2D eigenvalue weighted by Gasteiger charge is 2.27. The molecule has 1 fully saturated rings. The quantitative estimate of drug-likeness (QED) is 0.798. The molecule has 1 atom stereocenters. The van der Waals surface area contributed by atoms with Crippen molar-refractivity contribution in [3.05, 3.63) is 0 Å². The summed E-state index contributed by atoms with van der Waals surface area (Å²) < 4.78 is 0. The molecule has 0 aliphatic heterocycles. The largest absolute Gasteiger partial charge is 0.341 e. The van der Waals surface area contributed by atoms with E-state index in [1.54, 1.807) is 0 Å². The molecule has 2 N–H and O–H groups in total. The Bertz CT molecular complexity index is 222. The second kappa shape index (κ2) is 6.24. The van der Waals surface area contributed by atoms with Crippen LogP contribution in [0.3, 0.4) is 0 Å². The molecule has 0 radical (unpaired) electrons. The highest BCUT2D eigenvalue weighted by atomic mass is 16.2. The van der Waals surface area contributed by atoms with Crippen molar-refractivity contribution in [2.24, 2.45) is 11.7 Å². The number of amides is 1. The van der Waals surface area contributed by atoms with Gasteiger partial charge in [0, 0.05) is 13.1 Å². The lowest BCUT2D eigenvalue weighted by atomic mass is 9.84. The molecule has 1 rings (SSSR count). The van der Waals surface area contributed by atoms with Crippen molar-refractivity contribution in [2.45, 2.75) is 64.5 Å². The standard InChI is InChI=1S/C13H26N2O/c1-4-10-6-8-11(9-7-10)15(3)13(16)12(14)5-2/h10-12H,4-9,14H2,1-3H3/t10?,11?,12-/m1/s1. The van der Waals surface area contributed by atoms with Gasteiger partial charge in [-0.3, -0.25) is 4.79 Å². The molecule has 0 bridgehead atoms. The van der Waals surface area contributed by atoms with Gasteiger partial charge in [0.1, 0.15) is 0 Å². The number of nitrogens with two attached hydrogens (primary N) is 1. The van der Waals surface area contributed by atoms with Gasteiger partial charge in [-0.1, -0.05) is 20.3 Å². The van der Waals surface area contributed by atoms with Gasteiger partial charge in [0.25, 0.3) is 0 Å². The third-order valence-electron chi connectivity index (χ3n) is 4.05. The number of likely N-dealkylation sites (N-methyl/N-ethyl adjacent to an activating group) is 1. The third kappa shape index (κ3) is 3.21. The van der Waals surface area contributed by atoms with E-state index in [-0.39, 0.29) is 11.9 Å². The zero-order valence-corrected chi connectivity index (χ0v) is 10.9. The summed E-state index contributed by atoms with van der Waals surface area (Å²) >= 11 is 0. The molecule has 0 aromatic carbocycles. The number of carbonyl (C=O) groups excluding carboxylic acids is 1. The molecular formula is C13H26N2O. The first-order chi connectivity index (χ1) is 7.60. The van der Waals surface area contributed by atoms with E-state index >= 15 is 0 Å². The highest BCUT2D eigenvalue weighted by molar-refractivity contribution is 5.81. The normalized spacial score (nSPS) is 27.5. The maximum absolute atomic E-state index is 11.9. The molecule has 0 spiro atoms. The summed E-state index contributed by atoms with van der Waals surface area (Å²) in [5.41, 5.74) is 5.79. The van der Waals surface area contributed by atoms with Crippen LogP contribution < -0.4 is 5.73 Å². The second-order valence-electron chi connectivity index (χ2n) is 5.05. The Kier molecular flexibility index (Phi) is 5.26.